The van der Waals surface area contributed by atoms with E-state index < -0.39 is 56.4 Å². The minimum Gasteiger partial charge on any atom is -0.478 e. The van der Waals surface area contributed by atoms with Crippen molar-refractivity contribution in [3.8, 4) is 5.95 Å². The van der Waals surface area contributed by atoms with Gasteiger partial charge in [-0.1, -0.05) is 24.3 Å². The van der Waals surface area contributed by atoms with E-state index >= 15 is 0 Å². The topological polar surface area (TPSA) is 306 Å². The van der Waals surface area contributed by atoms with Gasteiger partial charge in [-0.2, -0.15) is 25.3 Å². The fraction of sp³-hybridized carbons (Fsp3) is 0. The Balaban J connectivity index is 1.51. The number of anilines is 3. The Labute approximate surface area is 287 Å². The monoisotopic (exact) mass is 753 g/mol. The molecule has 2 heterocycles. The molecular formula is C29H21N8O11S3+. The van der Waals surface area contributed by atoms with Gasteiger partial charge in [0.2, 0.25) is 0 Å². The van der Waals surface area contributed by atoms with Crippen molar-refractivity contribution in [2.45, 2.75) is 14.7 Å². The number of pyridine rings is 1. The molecule has 0 saturated heterocycles. The van der Waals surface area contributed by atoms with E-state index in [9.17, 15) is 48.8 Å². The number of nitrogens with one attached hydrogen (secondary N) is 1. The Morgan fingerprint density at radius 2 is 1.29 bits per heavy atom. The first-order valence-corrected chi connectivity index (χ1v) is 18.2. The maximum absolute atomic E-state index is 12.5. The summed E-state index contributed by atoms with van der Waals surface area (Å²) in [6, 6.07) is 14.6. The zero-order valence-electron chi connectivity index (χ0n) is 25.2. The highest BCUT2D eigenvalue weighted by molar-refractivity contribution is 7.86. The van der Waals surface area contributed by atoms with E-state index in [4.69, 9.17) is 5.73 Å². The van der Waals surface area contributed by atoms with Gasteiger partial charge in [0.05, 0.1) is 35.0 Å². The van der Waals surface area contributed by atoms with Crippen molar-refractivity contribution < 1.29 is 53.4 Å². The lowest BCUT2D eigenvalue weighted by atomic mass is 10.1. The molecule has 0 atom stereocenters. The number of azo groups is 1. The number of hydrogen-bond donors (Lipinski definition) is 6. The first-order chi connectivity index (χ1) is 23.9. The van der Waals surface area contributed by atoms with E-state index in [0.29, 0.717) is 0 Å². The van der Waals surface area contributed by atoms with Crippen molar-refractivity contribution in [2.24, 2.45) is 10.2 Å². The van der Waals surface area contributed by atoms with E-state index in [2.05, 4.69) is 30.5 Å². The average Bonchev–Trinajstić information content (AvgIpc) is 3.05. The van der Waals surface area contributed by atoms with Gasteiger partial charge in [0.15, 0.2) is 0 Å². The van der Waals surface area contributed by atoms with Crippen LogP contribution in [0.5, 0.6) is 0 Å². The molecule has 4 aromatic carbocycles. The highest BCUT2D eigenvalue weighted by Gasteiger charge is 2.24. The molecule has 22 heteroatoms. The second kappa shape index (κ2) is 12.7. The van der Waals surface area contributed by atoms with Gasteiger partial charge in [-0.3, -0.25) is 13.7 Å². The molecule has 0 aliphatic carbocycles. The summed E-state index contributed by atoms with van der Waals surface area (Å²) in [6.45, 7) is 0. The summed E-state index contributed by atoms with van der Waals surface area (Å²) in [5, 5.41) is 19.6. The molecule has 2 aromatic heterocycles. The highest BCUT2D eigenvalue weighted by atomic mass is 32.2. The largest absolute Gasteiger partial charge is 0.478 e. The third-order valence-electron chi connectivity index (χ3n) is 7.18. The number of fused-ring (bicyclic) bond motifs is 2. The van der Waals surface area contributed by atoms with Crippen LogP contribution in [0, 0.1) is 0 Å². The third-order valence-corrected chi connectivity index (χ3v) is 9.89. The lowest BCUT2D eigenvalue weighted by Gasteiger charge is -2.12. The summed E-state index contributed by atoms with van der Waals surface area (Å²) in [6.07, 6.45) is 2.68. The van der Waals surface area contributed by atoms with Crippen molar-refractivity contribution >= 4 is 86.8 Å². The van der Waals surface area contributed by atoms with Crippen LogP contribution in [0.25, 0.3) is 27.5 Å². The van der Waals surface area contributed by atoms with Crippen molar-refractivity contribution in [1.29, 1.82) is 0 Å². The Morgan fingerprint density at radius 3 is 1.94 bits per heavy atom. The van der Waals surface area contributed by atoms with Gasteiger partial charge in [-0.05, 0) is 58.5 Å². The van der Waals surface area contributed by atoms with E-state index in [-0.39, 0.29) is 56.6 Å². The third kappa shape index (κ3) is 7.03. The number of carboxylic acid groups (broad SMARTS) is 1. The van der Waals surface area contributed by atoms with E-state index in [1.807, 2.05) is 0 Å². The standard InChI is InChI=1S/C29H20N8O11S3/c30-27-32-28(34-29(33-27)37-13-3-4-15(14-37)26(38)39)31-19-10-9-18(16-5-1-7-22(24(16)19)50(43,44)45)35-36-20-11-12-21(49(40,41)42)17-6-2-8-23(25(17)20)51(46,47)48/h1-14H,(H6-,30,31,32,33,34,36,38,39,40,41,42,43,44,45,46,47,48)/p+1. The summed E-state index contributed by atoms with van der Waals surface area (Å²) < 4.78 is 105. The summed E-state index contributed by atoms with van der Waals surface area (Å²) in [4.78, 5) is 21.8. The van der Waals surface area contributed by atoms with E-state index in [0.717, 1.165) is 30.3 Å². The van der Waals surface area contributed by atoms with Crippen molar-refractivity contribution in [1.82, 2.24) is 15.0 Å². The number of aromatic carboxylic acids is 1. The van der Waals surface area contributed by atoms with Crippen LogP contribution in [0.3, 0.4) is 0 Å². The van der Waals surface area contributed by atoms with Gasteiger partial charge in [-0.25, -0.2) is 9.36 Å². The summed E-state index contributed by atoms with van der Waals surface area (Å²) >= 11 is 0. The van der Waals surface area contributed by atoms with Crippen LogP contribution < -0.4 is 15.6 Å². The Hall–Kier alpha value is -6.04. The number of aromatic nitrogens is 4. The van der Waals surface area contributed by atoms with E-state index in [1.54, 1.807) is 0 Å². The molecule has 0 radical (unpaired) electrons. The molecule has 7 N–H and O–H groups in total. The predicted octanol–water partition coefficient (Wildman–Crippen LogP) is 3.63. The smallest absolute Gasteiger partial charge is 0.444 e. The van der Waals surface area contributed by atoms with Crippen molar-refractivity contribution in [2.75, 3.05) is 11.1 Å². The average molecular weight is 754 g/mol. The fourth-order valence-corrected chi connectivity index (χ4v) is 7.26. The zero-order chi connectivity index (χ0) is 36.9. The summed E-state index contributed by atoms with van der Waals surface area (Å²) in [7, 11) is -14.7. The predicted molar refractivity (Wildman–Crippen MR) is 178 cm³/mol. The molecular weight excluding hydrogens is 733 g/mol. The minimum atomic E-state index is -4.95. The second-order valence-corrected chi connectivity index (χ2v) is 14.6. The summed E-state index contributed by atoms with van der Waals surface area (Å²) in [5.41, 5.74) is 5.52. The molecule has 51 heavy (non-hydrogen) atoms. The van der Waals surface area contributed by atoms with Crippen LogP contribution >= 0.6 is 0 Å². The van der Waals surface area contributed by atoms with Crippen LogP contribution in [-0.2, 0) is 30.4 Å². The van der Waals surface area contributed by atoms with Gasteiger partial charge in [0.25, 0.3) is 30.4 Å². The normalized spacial score (nSPS) is 12.5. The number of benzene rings is 4. The van der Waals surface area contributed by atoms with Crippen LogP contribution in [0.2, 0.25) is 0 Å². The van der Waals surface area contributed by atoms with Gasteiger partial charge < -0.3 is 16.2 Å². The Kier molecular flexibility index (Phi) is 8.66. The molecule has 19 nitrogen and oxygen atoms in total. The molecule has 6 aromatic rings. The minimum absolute atomic E-state index is 0.00891. The second-order valence-electron chi connectivity index (χ2n) is 10.4. The molecule has 0 amide bonds. The number of nitrogens with zero attached hydrogens (tertiary/aromatic N) is 6. The first-order valence-electron chi connectivity index (χ1n) is 13.9. The van der Waals surface area contributed by atoms with Crippen LogP contribution in [0.4, 0.5) is 29.0 Å². The molecule has 0 unspecified atom stereocenters. The molecule has 260 valence electrons. The van der Waals surface area contributed by atoms with Gasteiger partial charge in [-0.15, -0.1) is 15.2 Å². The van der Waals surface area contributed by atoms with Crippen LogP contribution in [-0.4, -0.2) is 64.9 Å². The fourth-order valence-electron chi connectivity index (χ4n) is 5.12. The maximum Gasteiger partial charge on any atom is 0.444 e. The number of hydrogen-bond acceptors (Lipinski definition) is 14. The van der Waals surface area contributed by atoms with Gasteiger partial charge in [0.1, 0.15) is 14.7 Å². The van der Waals surface area contributed by atoms with E-state index in [1.165, 1.54) is 59.4 Å². The highest BCUT2D eigenvalue weighted by Crippen LogP contribution is 2.40. The lowest BCUT2D eigenvalue weighted by molar-refractivity contribution is -0.603. The number of carbonyl (C=O) groups is 1. The Bertz CT molecular complexity index is 2820. The molecule has 0 aliphatic heterocycles. The SMILES string of the molecule is Nc1nc(Nc2ccc(N=Nc3ccc(S(=O)(=O)O)c4cccc(S(=O)(=O)O)c34)c3cccc(S(=O)(=O)O)c23)nc(-[n+]2cccc(C(=O)O)c2)n1. The molecule has 0 saturated carbocycles. The summed E-state index contributed by atoms with van der Waals surface area (Å²) in [5.74, 6) is -1.82. The maximum atomic E-state index is 12.5. The number of rotatable bonds is 9. The zero-order valence-corrected chi connectivity index (χ0v) is 27.7. The number of carboxylic acids is 1. The molecule has 0 aliphatic rings. The number of nitrogen functional groups attached to an aromatic ring is 1. The van der Waals surface area contributed by atoms with Crippen LogP contribution in [0.15, 0.2) is 110 Å². The Morgan fingerprint density at radius 1 is 0.686 bits per heavy atom. The van der Waals surface area contributed by atoms with Crippen molar-refractivity contribution in [3.63, 3.8) is 0 Å². The van der Waals surface area contributed by atoms with Crippen LogP contribution in [0.1, 0.15) is 10.4 Å². The lowest BCUT2D eigenvalue weighted by Crippen LogP contribution is -2.34. The molecule has 6 rings (SSSR count). The molecule has 0 bridgehead atoms. The van der Waals surface area contributed by atoms with Gasteiger partial charge >= 0.3 is 23.8 Å². The molecule has 0 spiro atoms. The number of nitrogens with two attached hydrogens (primary N) is 1. The molecule has 0 fully saturated rings. The first kappa shape index (κ1) is 34.8. The van der Waals surface area contributed by atoms with Crippen molar-refractivity contribution in [3.05, 3.63) is 90.8 Å². The van der Waals surface area contributed by atoms with Gasteiger partial charge in [0, 0.05) is 21.5 Å². The quantitative estimate of drug-likeness (QED) is 0.0697.